The fraction of sp³-hybridized carbons (Fsp3) is 0.360. The second-order valence-electron chi connectivity index (χ2n) is 8.95. The number of aliphatic hydroxyl groups is 1. The maximum atomic E-state index is 11.3. The Balaban J connectivity index is 1.43. The Bertz CT molecular complexity index is 1200. The highest BCUT2D eigenvalue weighted by Gasteiger charge is 2.38. The number of nitrogens with one attached hydrogen (secondary N) is 1. The lowest BCUT2D eigenvalue weighted by Gasteiger charge is -2.44. The molecule has 1 fully saturated rings. The highest BCUT2D eigenvalue weighted by molar-refractivity contribution is 5.87. The molecule has 7 heteroatoms. The molecule has 0 saturated carbocycles. The van der Waals surface area contributed by atoms with Gasteiger partial charge >= 0.3 is 0 Å². The Hall–Kier alpha value is -3.32. The molecule has 1 saturated heterocycles. The molecule has 3 unspecified atom stereocenters. The highest BCUT2D eigenvalue weighted by Crippen LogP contribution is 2.42. The maximum Gasteiger partial charge on any atom is 0.270 e. The number of aromatic amines is 1. The first-order valence-electron chi connectivity index (χ1n) is 11.0. The molecule has 32 heavy (non-hydrogen) atoms. The molecule has 7 nitrogen and oxygen atoms in total. The van der Waals surface area contributed by atoms with Crippen LogP contribution in [0.1, 0.15) is 29.3 Å². The van der Waals surface area contributed by atoms with Gasteiger partial charge in [0.15, 0.2) is 0 Å². The summed E-state index contributed by atoms with van der Waals surface area (Å²) in [6, 6.07) is 12.6. The first-order valence-corrected chi connectivity index (χ1v) is 11.0. The lowest BCUT2D eigenvalue weighted by atomic mass is 9.73. The zero-order chi connectivity index (χ0) is 22.4. The summed E-state index contributed by atoms with van der Waals surface area (Å²) in [6.07, 6.45) is 2.87. The third-order valence-corrected chi connectivity index (χ3v) is 7.13. The van der Waals surface area contributed by atoms with Crippen molar-refractivity contribution in [1.29, 1.82) is 0 Å². The lowest BCUT2D eigenvalue weighted by molar-refractivity contribution is -0.384. The number of nitrogens with zero attached hydrogens (tertiary/aromatic N) is 2. The number of nitro benzene ring substituents is 1. The Labute approximate surface area is 186 Å². The van der Waals surface area contributed by atoms with E-state index in [-0.39, 0.29) is 22.4 Å². The van der Waals surface area contributed by atoms with Gasteiger partial charge in [0.1, 0.15) is 11.5 Å². The number of piperidine rings is 1. The van der Waals surface area contributed by atoms with Gasteiger partial charge < -0.3 is 14.8 Å². The molecule has 3 aromatic rings. The van der Waals surface area contributed by atoms with Crippen molar-refractivity contribution in [1.82, 2.24) is 9.88 Å². The van der Waals surface area contributed by atoms with Crippen LogP contribution in [-0.2, 0) is 12.8 Å². The summed E-state index contributed by atoms with van der Waals surface area (Å²) in [5.41, 5.74) is 4.48. The number of rotatable bonds is 5. The highest BCUT2D eigenvalue weighted by atomic mass is 16.6. The summed E-state index contributed by atoms with van der Waals surface area (Å²) >= 11 is 0. The summed E-state index contributed by atoms with van der Waals surface area (Å²) < 4.78 is 5.37. The van der Waals surface area contributed by atoms with Crippen molar-refractivity contribution < 1.29 is 14.8 Å². The van der Waals surface area contributed by atoms with E-state index in [9.17, 15) is 15.2 Å². The van der Waals surface area contributed by atoms with Crippen LogP contribution in [0.4, 0.5) is 5.69 Å². The van der Waals surface area contributed by atoms with E-state index in [0.29, 0.717) is 11.8 Å². The predicted octanol–water partition coefficient (Wildman–Crippen LogP) is 4.93. The molecule has 1 aromatic heterocycles. The van der Waals surface area contributed by atoms with E-state index in [1.165, 1.54) is 11.3 Å². The van der Waals surface area contributed by atoms with E-state index in [1.807, 2.05) is 30.3 Å². The van der Waals surface area contributed by atoms with Crippen LogP contribution >= 0.6 is 0 Å². The van der Waals surface area contributed by atoms with E-state index in [2.05, 4.69) is 16.5 Å². The molecular formula is C25H27N3O4. The van der Waals surface area contributed by atoms with Crippen molar-refractivity contribution in [3.63, 3.8) is 0 Å². The van der Waals surface area contributed by atoms with Crippen LogP contribution in [0.2, 0.25) is 0 Å². The van der Waals surface area contributed by atoms with Crippen LogP contribution in [0, 0.1) is 22.0 Å². The van der Waals surface area contributed by atoms with Crippen molar-refractivity contribution >= 4 is 16.6 Å². The molecule has 2 aromatic carbocycles. The number of hydrogen-bond donors (Lipinski definition) is 2. The van der Waals surface area contributed by atoms with E-state index in [1.54, 1.807) is 19.2 Å². The van der Waals surface area contributed by atoms with E-state index in [0.717, 1.165) is 54.6 Å². The number of aromatic nitrogens is 1. The summed E-state index contributed by atoms with van der Waals surface area (Å²) in [7, 11) is 1.64. The van der Waals surface area contributed by atoms with Gasteiger partial charge in [-0.05, 0) is 67.0 Å². The molecule has 1 aliphatic heterocycles. The van der Waals surface area contributed by atoms with Crippen LogP contribution in [0.15, 0.2) is 54.8 Å². The fourth-order valence-corrected chi connectivity index (χ4v) is 5.61. The van der Waals surface area contributed by atoms with Crippen molar-refractivity contribution in [2.24, 2.45) is 11.8 Å². The van der Waals surface area contributed by atoms with Gasteiger partial charge in [-0.15, -0.1) is 0 Å². The minimum absolute atomic E-state index is 0.126. The zero-order valence-corrected chi connectivity index (χ0v) is 18.1. The minimum atomic E-state index is -0.335. The van der Waals surface area contributed by atoms with Gasteiger partial charge in [0.05, 0.1) is 18.1 Å². The van der Waals surface area contributed by atoms with Gasteiger partial charge in [0, 0.05) is 35.3 Å². The first-order chi connectivity index (χ1) is 15.4. The van der Waals surface area contributed by atoms with Crippen LogP contribution in [0.25, 0.3) is 10.9 Å². The molecule has 5 rings (SSSR count). The van der Waals surface area contributed by atoms with Gasteiger partial charge in [-0.25, -0.2) is 0 Å². The number of H-pyrrole nitrogens is 1. The minimum Gasteiger partial charge on any atom is -0.511 e. The molecule has 2 heterocycles. The Kier molecular flexibility index (Phi) is 5.13. The molecule has 3 atom stereocenters. The van der Waals surface area contributed by atoms with Gasteiger partial charge in [-0.2, -0.15) is 0 Å². The van der Waals surface area contributed by atoms with E-state index >= 15 is 0 Å². The third-order valence-electron chi connectivity index (χ3n) is 7.13. The average molecular weight is 434 g/mol. The smallest absolute Gasteiger partial charge is 0.270 e. The number of likely N-dealkylation sites (tertiary alicyclic amines) is 1. The second kappa shape index (κ2) is 7.98. The molecule has 0 spiro atoms. The van der Waals surface area contributed by atoms with Crippen LogP contribution < -0.4 is 4.74 Å². The van der Waals surface area contributed by atoms with Gasteiger partial charge in [0.25, 0.3) is 5.69 Å². The fourth-order valence-electron chi connectivity index (χ4n) is 5.61. The summed E-state index contributed by atoms with van der Waals surface area (Å²) in [4.78, 5) is 16.7. The van der Waals surface area contributed by atoms with Crippen molar-refractivity contribution in [3.05, 3.63) is 81.7 Å². The second-order valence-corrected chi connectivity index (χ2v) is 8.95. The number of aliphatic hydroxyl groups excluding tert-OH is 1. The number of benzene rings is 2. The van der Waals surface area contributed by atoms with Crippen LogP contribution in [-0.4, -0.2) is 40.1 Å². The molecule has 0 radical (unpaired) electrons. The van der Waals surface area contributed by atoms with Crippen LogP contribution in [0.3, 0.4) is 0 Å². The molecule has 2 aliphatic rings. The quantitative estimate of drug-likeness (QED) is 0.338. The zero-order valence-electron chi connectivity index (χ0n) is 18.1. The standard InChI is InChI=1S/C25H27N3O4/c1-15(29)25(17-4-3-5-20(10-17)32-2)27-9-8-16-12-24-21(11-18(16)14-27)22-13-19(28(30)31)6-7-23(22)26-24/h3-7,10,13,16,18,25-26,29H,1,8-9,11-12,14H2,2H3. The molecular weight excluding hydrogens is 406 g/mol. The summed E-state index contributed by atoms with van der Waals surface area (Å²) in [6.45, 7) is 5.58. The summed E-state index contributed by atoms with van der Waals surface area (Å²) in [5, 5.41) is 22.7. The van der Waals surface area contributed by atoms with Gasteiger partial charge in [-0.1, -0.05) is 18.7 Å². The number of fused-ring (bicyclic) bond motifs is 4. The predicted molar refractivity (Wildman–Crippen MR) is 123 cm³/mol. The van der Waals surface area contributed by atoms with Gasteiger partial charge in [0.2, 0.25) is 0 Å². The third kappa shape index (κ3) is 3.52. The van der Waals surface area contributed by atoms with E-state index in [4.69, 9.17) is 4.74 Å². The Morgan fingerprint density at radius 3 is 2.88 bits per heavy atom. The number of ether oxygens (including phenoxy) is 1. The Morgan fingerprint density at radius 2 is 2.12 bits per heavy atom. The molecule has 166 valence electrons. The normalized spacial score (nSPS) is 21.5. The molecule has 0 bridgehead atoms. The first kappa shape index (κ1) is 20.6. The van der Waals surface area contributed by atoms with Gasteiger partial charge in [-0.3, -0.25) is 15.0 Å². The van der Waals surface area contributed by atoms with E-state index < -0.39 is 0 Å². The largest absolute Gasteiger partial charge is 0.511 e. The monoisotopic (exact) mass is 433 g/mol. The SMILES string of the molecule is C=C(O)C(c1cccc(OC)c1)N1CCC2Cc3[nH]c4ccc([N+](=O)[O-])cc4c3CC2C1. The maximum absolute atomic E-state index is 11.3. The lowest BCUT2D eigenvalue weighted by Crippen LogP contribution is -2.45. The van der Waals surface area contributed by atoms with Crippen LogP contribution in [0.5, 0.6) is 5.75 Å². The number of nitro groups is 1. The summed E-state index contributed by atoms with van der Waals surface area (Å²) in [5.74, 6) is 1.86. The number of methoxy groups -OCH3 is 1. The number of hydrogen-bond acceptors (Lipinski definition) is 5. The molecule has 0 amide bonds. The Morgan fingerprint density at radius 1 is 1.28 bits per heavy atom. The van der Waals surface area contributed by atoms with Crippen molar-refractivity contribution in [2.75, 3.05) is 20.2 Å². The average Bonchev–Trinajstić information content (AvgIpc) is 3.14. The molecule has 1 aliphatic carbocycles. The number of non-ortho nitro benzene ring substituents is 1. The molecule has 2 N–H and O–H groups in total. The topological polar surface area (TPSA) is 91.6 Å². The van der Waals surface area contributed by atoms with Crippen molar-refractivity contribution in [2.45, 2.75) is 25.3 Å². The van der Waals surface area contributed by atoms with Crippen molar-refractivity contribution in [3.8, 4) is 5.75 Å².